The first-order valence-electron chi connectivity index (χ1n) is 8.50. The minimum atomic E-state index is -0.0613. The van der Waals surface area contributed by atoms with Crippen LogP contribution in [-0.4, -0.2) is 11.6 Å². The Bertz CT molecular complexity index is 666. The summed E-state index contributed by atoms with van der Waals surface area (Å²) in [5.74, 6) is 0.249. The van der Waals surface area contributed by atoms with Crippen LogP contribution < -0.4 is 0 Å². The zero-order chi connectivity index (χ0) is 17.6. The van der Waals surface area contributed by atoms with Crippen molar-refractivity contribution < 1.29 is 9.59 Å². The fraction of sp³-hybridized carbons (Fsp3) is 0.364. The fourth-order valence-electron chi connectivity index (χ4n) is 2.94. The highest BCUT2D eigenvalue weighted by Crippen LogP contribution is 2.29. The summed E-state index contributed by atoms with van der Waals surface area (Å²) in [6.07, 6.45) is 1.32. The van der Waals surface area contributed by atoms with Gasteiger partial charge in [-0.3, -0.25) is 9.59 Å². The van der Waals surface area contributed by atoms with E-state index in [4.69, 9.17) is 0 Å². The lowest BCUT2D eigenvalue weighted by atomic mass is 9.83. The van der Waals surface area contributed by atoms with Gasteiger partial charge in [0.15, 0.2) is 5.78 Å². The topological polar surface area (TPSA) is 34.1 Å². The first kappa shape index (κ1) is 18.1. The van der Waals surface area contributed by atoms with Crippen molar-refractivity contribution in [1.82, 2.24) is 0 Å². The van der Waals surface area contributed by atoms with E-state index in [1.54, 1.807) is 0 Å². The number of benzene rings is 2. The molecule has 2 heteroatoms. The van der Waals surface area contributed by atoms with Crippen LogP contribution in [0.4, 0.5) is 0 Å². The number of rotatable bonds is 7. The molecule has 0 fully saturated rings. The van der Waals surface area contributed by atoms with Crippen LogP contribution in [0, 0.1) is 5.41 Å². The Morgan fingerprint density at radius 1 is 0.833 bits per heavy atom. The molecule has 1 unspecified atom stereocenters. The molecule has 0 spiro atoms. The maximum Gasteiger partial charge on any atom is 0.163 e. The SMILES string of the molecule is CC(C)(C)CC(=O)CC(CC(=O)c1ccccc1)c1ccccc1. The van der Waals surface area contributed by atoms with Crippen LogP contribution in [0.5, 0.6) is 0 Å². The van der Waals surface area contributed by atoms with Crippen molar-refractivity contribution in [2.24, 2.45) is 5.41 Å². The monoisotopic (exact) mass is 322 g/mol. The summed E-state index contributed by atoms with van der Waals surface area (Å²) in [4.78, 5) is 25.0. The molecule has 0 aromatic heterocycles. The van der Waals surface area contributed by atoms with Crippen LogP contribution in [0.3, 0.4) is 0 Å². The van der Waals surface area contributed by atoms with E-state index in [1.165, 1.54) is 0 Å². The molecular weight excluding hydrogens is 296 g/mol. The molecule has 0 bridgehead atoms. The lowest BCUT2D eigenvalue weighted by Crippen LogP contribution is -2.17. The lowest BCUT2D eigenvalue weighted by molar-refractivity contribution is -0.121. The van der Waals surface area contributed by atoms with E-state index in [-0.39, 0.29) is 22.9 Å². The molecule has 2 aromatic carbocycles. The highest BCUT2D eigenvalue weighted by Gasteiger charge is 2.23. The molecule has 0 aliphatic heterocycles. The molecule has 0 aliphatic rings. The second-order valence-electron chi connectivity index (χ2n) is 7.58. The van der Waals surface area contributed by atoms with Crippen molar-refractivity contribution in [3.8, 4) is 0 Å². The highest BCUT2D eigenvalue weighted by atomic mass is 16.1. The van der Waals surface area contributed by atoms with Gasteiger partial charge < -0.3 is 0 Å². The Balaban J connectivity index is 2.15. The summed E-state index contributed by atoms with van der Waals surface area (Å²) in [5.41, 5.74) is 1.74. The first-order chi connectivity index (χ1) is 11.3. The molecule has 0 heterocycles. The summed E-state index contributed by atoms with van der Waals surface area (Å²) in [5, 5.41) is 0. The maximum absolute atomic E-state index is 12.6. The Hall–Kier alpha value is -2.22. The van der Waals surface area contributed by atoms with Crippen LogP contribution in [0.15, 0.2) is 60.7 Å². The van der Waals surface area contributed by atoms with Gasteiger partial charge in [-0.2, -0.15) is 0 Å². The third-order valence-corrected chi connectivity index (χ3v) is 4.00. The Morgan fingerprint density at radius 3 is 1.92 bits per heavy atom. The number of hydrogen-bond donors (Lipinski definition) is 0. The van der Waals surface area contributed by atoms with Gasteiger partial charge >= 0.3 is 0 Å². The smallest absolute Gasteiger partial charge is 0.163 e. The van der Waals surface area contributed by atoms with Crippen molar-refractivity contribution >= 4 is 11.6 Å². The second kappa shape index (κ2) is 8.05. The van der Waals surface area contributed by atoms with Gasteiger partial charge in [0.1, 0.15) is 5.78 Å². The first-order valence-corrected chi connectivity index (χ1v) is 8.50. The largest absolute Gasteiger partial charge is 0.300 e. The molecule has 0 radical (unpaired) electrons. The van der Waals surface area contributed by atoms with E-state index in [0.717, 1.165) is 5.56 Å². The van der Waals surface area contributed by atoms with Crippen molar-refractivity contribution in [3.05, 3.63) is 71.8 Å². The number of ketones is 2. The fourth-order valence-corrected chi connectivity index (χ4v) is 2.94. The van der Waals surface area contributed by atoms with Gasteiger partial charge in [0.2, 0.25) is 0 Å². The molecule has 2 aromatic rings. The molecular formula is C22H26O2. The molecule has 126 valence electrons. The maximum atomic E-state index is 12.6. The average molecular weight is 322 g/mol. The predicted octanol–water partition coefficient (Wildman–Crippen LogP) is 5.44. The molecule has 0 saturated carbocycles. The van der Waals surface area contributed by atoms with Crippen LogP contribution in [0.2, 0.25) is 0 Å². The third-order valence-electron chi connectivity index (χ3n) is 4.00. The average Bonchev–Trinajstić information content (AvgIpc) is 2.54. The van der Waals surface area contributed by atoms with Crippen molar-refractivity contribution in [1.29, 1.82) is 0 Å². The van der Waals surface area contributed by atoms with Crippen molar-refractivity contribution in [3.63, 3.8) is 0 Å². The zero-order valence-electron chi connectivity index (χ0n) is 14.8. The molecule has 0 N–H and O–H groups in total. The predicted molar refractivity (Wildman–Crippen MR) is 98.3 cm³/mol. The van der Waals surface area contributed by atoms with E-state index in [0.29, 0.717) is 24.8 Å². The normalized spacial score (nSPS) is 12.6. The Kier molecular flexibility index (Phi) is 6.08. The Labute approximate surface area is 144 Å². The van der Waals surface area contributed by atoms with Gasteiger partial charge in [0.25, 0.3) is 0 Å². The number of carbonyl (C=O) groups excluding carboxylic acids is 2. The van der Waals surface area contributed by atoms with Gasteiger partial charge in [-0.05, 0) is 16.9 Å². The minimum absolute atomic E-state index is 0.0260. The van der Waals surface area contributed by atoms with Gasteiger partial charge in [0.05, 0.1) is 0 Å². The molecule has 0 aliphatic carbocycles. The summed E-state index contributed by atoms with van der Waals surface area (Å²) in [6.45, 7) is 6.20. The van der Waals surface area contributed by atoms with E-state index in [2.05, 4.69) is 20.8 Å². The van der Waals surface area contributed by atoms with Gasteiger partial charge in [-0.15, -0.1) is 0 Å². The van der Waals surface area contributed by atoms with E-state index < -0.39 is 0 Å². The van der Waals surface area contributed by atoms with Gasteiger partial charge in [-0.1, -0.05) is 81.4 Å². The third kappa shape index (κ3) is 5.77. The van der Waals surface area contributed by atoms with Crippen LogP contribution >= 0.6 is 0 Å². The van der Waals surface area contributed by atoms with Gasteiger partial charge in [-0.25, -0.2) is 0 Å². The molecule has 2 nitrogen and oxygen atoms in total. The zero-order valence-corrected chi connectivity index (χ0v) is 14.8. The van der Waals surface area contributed by atoms with Crippen molar-refractivity contribution in [2.75, 3.05) is 0 Å². The van der Waals surface area contributed by atoms with E-state index >= 15 is 0 Å². The molecule has 24 heavy (non-hydrogen) atoms. The highest BCUT2D eigenvalue weighted by molar-refractivity contribution is 5.97. The van der Waals surface area contributed by atoms with Crippen LogP contribution in [-0.2, 0) is 4.79 Å². The number of carbonyl (C=O) groups is 2. The summed E-state index contributed by atoms with van der Waals surface area (Å²) in [6, 6.07) is 19.2. The number of hydrogen-bond acceptors (Lipinski definition) is 2. The van der Waals surface area contributed by atoms with Crippen molar-refractivity contribution in [2.45, 2.75) is 46.0 Å². The quantitative estimate of drug-likeness (QED) is 0.636. The summed E-state index contributed by atoms with van der Waals surface area (Å²) < 4.78 is 0. The van der Waals surface area contributed by atoms with Crippen LogP contribution in [0.1, 0.15) is 61.9 Å². The lowest BCUT2D eigenvalue weighted by Gasteiger charge is -2.20. The molecule has 0 amide bonds. The van der Waals surface area contributed by atoms with Crippen LogP contribution in [0.25, 0.3) is 0 Å². The van der Waals surface area contributed by atoms with Gasteiger partial charge in [0, 0.05) is 24.8 Å². The second-order valence-corrected chi connectivity index (χ2v) is 7.58. The summed E-state index contributed by atoms with van der Waals surface area (Å²) >= 11 is 0. The summed E-state index contributed by atoms with van der Waals surface area (Å²) in [7, 11) is 0. The van der Waals surface area contributed by atoms with E-state index in [9.17, 15) is 9.59 Å². The molecule has 2 rings (SSSR count). The van der Waals surface area contributed by atoms with E-state index in [1.807, 2.05) is 60.7 Å². The minimum Gasteiger partial charge on any atom is -0.300 e. The standard InChI is InChI=1S/C22H26O2/c1-22(2,3)16-20(23)14-19(17-10-6-4-7-11-17)15-21(24)18-12-8-5-9-13-18/h4-13,19H,14-16H2,1-3H3. The number of Topliss-reactive ketones (excluding diaryl/α,β-unsaturated/α-hetero) is 2. The molecule has 1 atom stereocenters. The molecule has 0 saturated heterocycles. The Morgan fingerprint density at radius 2 is 1.38 bits per heavy atom.